The fourth-order valence-corrected chi connectivity index (χ4v) is 3.40. The molecular formula is C19H24N2O4. The van der Waals surface area contributed by atoms with Gasteiger partial charge in [0, 0.05) is 18.3 Å². The average molecular weight is 344 g/mol. The molecule has 1 aromatic heterocycles. The molecule has 6 nitrogen and oxygen atoms in total. The average Bonchev–Trinajstić information content (AvgIpc) is 2.78. The number of nitrogens with zero attached hydrogens (tertiary/aromatic N) is 1. The lowest BCUT2D eigenvalue weighted by Gasteiger charge is -2.43. The molecule has 0 unspecified atom stereocenters. The fraction of sp³-hybridized carbons (Fsp3) is 0.474. The smallest absolute Gasteiger partial charge is 0.408 e. The number of carboxylic acids is 1. The molecule has 0 atom stereocenters. The number of carbonyl (C=O) groups is 2. The summed E-state index contributed by atoms with van der Waals surface area (Å²) in [6, 6.07) is 7.10. The first-order chi connectivity index (χ1) is 11.6. The first kappa shape index (κ1) is 17.3. The minimum absolute atomic E-state index is 0.253. The van der Waals surface area contributed by atoms with E-state index in [-0.39, 0.29) is 5.56 Å². The van der Waals surface area contributed by atoms with Gasteiger partial charge in [-0.3, -0.25) is 0 Å². The molecule has 134 valence electrons. The summed E-state index contributed by atoms with van der Waals surface area (Å²) in [5.41, 5.74) is 1.06. The molecule has 1 fully saturated rings. The number of carbonyl (C=O) groups excluding carboxylic acids is 1. The number of carboxylic acid groups (broad SMARTS) is 1. The lowest BCUT2D eigenvalue weighted by molar-refractivity contribution is 0.0368. The van der Waals surface area contributed by atoms with Crippen molar-refractivity contribution in [1.29, 1.82) is 0 Å². The van der Waals surface area contributed by atoms with Gasteiger partial charge in [0.2, 0.25) is 0 Å². The van der Waals surface area contributed by atoms with Crippen molar-refractivity contribution in [2.24, 2.45) is 7.05 Å². The Kier molecular flexibility index (Phi) is 4.01. The molecule has 0 radical (unpaired) electrons. The Bertz CT molecular complexity index is 841. The molecule has 1 amide bonds. The van der Waals surface area contributed by atoms with E-state index < -0.39 is 23.2 Å². The van der Waals surface area contributed by atoms with Crippen molar-refractivity contribution < 1.29 is 19.4 Å². The second kappa shape index (κ2) is 5.79. The Morgan fingerprint density at radius 3 is 2.44 bits per heavy atom. The minimum Gasteiger partial charge on any atom is -0.478 e. The molecule has 1 aromatic carbocycles. The van der Waals surface area contributed by atoms with Crippen LogP contribution in [-0.4, -0.2) is 27.3 Å². The maximum absolute atomic E-state index is 12.3. The maximum atomic E-state index is 12.3. The Balaban J connectivity index is 1.97. The van der Waals surface area contributed by atoms with E-state index in [0.29, 0.717) is 0 Å². The van der Waals surface area contributed by atoms with Gasteiger partial charge in [-0.25, -0.2) is 9.59 Å². The zero-order chi connectivity index (χ0) is 18.4. The molecule has 0 saturated heterocycles. The van der Waals surface area contributed by atoms with Crippen LogP contribution in [0.2, 0.25) is 0 Å². The second-order valence-corrected chi connectivity index (χ2v) is 7.73. The molecule has 1 aliphatic rings. The fourth-order valence-electron chi connectivity index (χ4n) is 3.40. The standard InChI is InChI=1S/C19H24N2O4/c1-18(2,3)25-17(24)20-19(8-5-9-19)15-11-12-6-7-13(16(22)23)10-14(12)21(15)4/h6-7,10-11H,5,8-9H2,1-4H3,(H,20,24)(H,22,23). The molecule has 1 saturated carbocycles. The highest BCUT2D eigenvalue weighted by molar-refractivity contribution is 5.94. The van der Waals surface area contributed by atoms with Crippen LogP contribution in [0, 0.1) is 0 Å². The number of rotatable bonds is 3. The number of aryl methyl sites for hydroxylation is 1. The first-order valence-electron chi connectivity index (χ1n) is 8.46. The molecule has 6 heteroatoms. The summed E-state index contributed by atoms with van der Waals surface area (Å²) in [4.78, 5) is 23.5. The van der Waals surface area contributed by atoms with E-state index in [1.165, 1.54) is 0 Å². The van der Waals surface area contributed by atoms with E-state index in [1.54, 1.807) is 12.1 Å². The van der Waals surface area contributed by atoms with Crippen LogP contribution in [0.1, 0.15) is 56.1 Å². The Hall–Kier alpha value is -2.50. The highest BCUT2D eigenvalue weighted by Crippen LogP contribution is 2.43. The van der Waals surface area contributed by atoms with Crippen LogP contribution in [0.15, 0.2) is 24.3 Å². The summed E-state index contributed by atoms with van der Waals surface area (Å²) in [5.74, 6) is -0.949. The van der Waals surface area contributed by atoms with Crippen molar-refractivity contribution in [3.05, 3.63) is 35.5 Å². The zero-order valence-electron chi connectivity index (χ0n) is 15.0. The third-order valence-corrected chi connectivity index (χ3v) is 4.73. The van der Waals surface area contributed by atoms with Crippen molar-refractivity contribution in [3.8, 4) is 0 Å². The predicted molar refractivity (Wildman–Crippen MR) is 94.8 cm³/mol. The number of fused-ring (bicyclic) bond motifs is 1. The largest absolute Gasteiger partial charge is 0.478 e. The number of aromatic nitrogens is 1. The molecular weight excluding hydrogens is 320 g/mol. The lowest BCUT2D eigenvalue weighted by atomic mass is 9.74. The van der Waals surface area contributed by atoms with E-state index in [2.05, 4.69) is 5.32 Å². The Labute approximate surface area is 146 Å². The molecule has 1 aliphatic carbocycles. The van der Waals surface area contributed by atoms with Gasteiger partial charge < -0.3 is 19.7 Å². The van der Waals surface area contributed by atoms with Crippen LogP contribution >= 0.6 is 0 Å². The quantitative estimate of drug-likeness (QED) is 0.888. The number of hydrogen-bond acceptors (Lipinski definition) is 3. The van der Waals surface area contributed by atoms with E-state index in [4.69, 9.17) is 4.74 Å². The van der Waals surface area contributed by atoms with Crippen molar-refractivity contribution in [2.45, 2.75) is 51.2 Å². The van der Waals surface area contributed by atoms with Crippen molar-refractivity contribution >= 4 is 23.0 Å². The Morgan fingerprint density at radius 2 is 1.92 bits per heavy atom. The Morgan fingerprint density at radius 1 is 1.24 bits per heavy atom. The summed E-state index contributed by atoms with van der Waals surface area (Å²) in [7, 11) is 1.90. The lowest BCUT2D eigenvalue weighted by Crippen LogP contribution is -2.52. The van der Waals surface area contributed by atoms with Gasteiger partial charge in [0.15, 0.2) is 0 Å². The summed E-state index contributed by atoms with van der Waals surface area (Å²) >= 11 is 0. The number of benzene rings is 1. The van der Waals surface area contributed by atoms with Crippen LogP contribution in [0.4, 0.5) is 4.79 Å². The van der Waals surface area contributed by atoms with E-state index in [9.17, 15) is 14.7 Å². The number of hydrogen-bond donors (Lipinski definition) is 2. The van der Waals surface area contributed by atoms with Crippen LogP contribution in [0.5, 0.6) is 0 Å². The van der Waals surface area contributed by atoms with Crippen LogP contribution in [0.3, 0.4) is 0 Å². The highest BCUT2D eigenvalue weighted by atomic mass is 16.6. The van der Waals surface area contributed by atoms with E-state index in [1.807, 2.05) is 44.5 Å². The van der Waals surface area contributed by atoms with Gasteiger partial charge >= 0.3 is 12.1 Å². The van der Waals surface area contributed by atoms with Gasteiger partial charge in [-0.15, -0.1) is 0 Å². The van der Waals surface area contributed by atoms with Crippen molar-refractivity contribution in [2.75, 3.05) is 0 Å². The van der Waals surface area contributed by atoms with Crippen molar-refractivity contribution in [1.82, 2.24) is 9.88 Å². The summed E-state index contributed by atoms with van der Waals surface area (Å²) < 4.78 is 7.39. The molecule has 0 aliphatic heterocycles. The zero-order valence-corrected chi connectivity index (χ0v) is 15.0. The number of nitrogens with one attached hydrogen (secondary N) is 1. The minimum atomic E-state index is -0.949. The van der Waals surface area contributed by atoms with Gasteiger partial charge in [-0.2, -0.15) is 0 Å². The van der Waals surface area contributed by atoms with Gasteiger partial charge in [-0.1, -0.05) is 6.07 Å². The summed E-state index contributed by atoms with van der Waals surface area (Å²) in [5, 5.41) is 13.2. The predicted octanol–water partition coefficient (Wildman–Crippen LogP) is 3.78. The summed E-state index contributed by atoms with van der Waals surface area (Å²) in [6.45, 7) is 5.51. The highest BCUT2D eigenvalue weighted by Gasteiger charge is 2.43. The second-order valence-electron chi connectivity index (χ2n) is 7.73. The van der Waals surface area contributed by atoms with Crippen LogP contribution in [-0.2, 0) is 17.3 Å². The topological polar surface area (TPSA) is 80.6 Å². The molecule has 1 heterocycles. The van der Waals surface area contributed by atoms with Gasteiger partial charge in [0.1, 0.15) is 5.60 Å². The monoisotopic (exact) mass is 344 g/mol. The number of aromatic carboxylic acids is 1. The van der Waals surface area contributed by atoms with Crippen molar-refractivity contribution in [3.63, 3.8) is 0 Å². The maximum Gasteiger partial charge on any atom is 0.408 e. The SMILES string of the molecule is Cn1c(C2(NC(=O)OC(C)(C)C)CCC2)cc2ccc(C(=O)O)cc21. The normalized spacial score (nSPS) is 16.3. The third kappa shape index (κ3) is 3.21. The molecule has 2 N–H and O–H groups in total. The van der Waals surface area contributed by atoms with Gasteiger partial charge in [0.05, 0.1) is 11.1 Å². The molecule has 3 rings (SSSR count). The van der Waals surface area contributed by atoms with Gasteiger partial charge in [-0.05, 0) is 63.6 Å². The molecule has 2 aromatic rings. The molecule has 25 heavy (non-hydrogen) atoms. The summed E-state index contributed by atoms with van der Waals surface area (Å²) in [6.07, 6.45) is 2.27. The van der Waals surface area contributed by atoms with E-state index in [0.717, 1.165) is 35.9 Å². The number of alkyl carbamates (subject to hydrolysis) is 1. The van der Waals surface area contributed by atoms with Gasteiger partial charge in [0.25, 0.3) is 0 Å². The first-order valence-corrected chi connectivity index (χ1v) is 8.46. The number of amides is 1. The van der Waals surface area contributed by atoms with Crippen LogP contribution in [0.25, 0.3) is 10.9 Å². The third-order valence-electron chi connectivity index (χ3n) is 4.73. The van der Waals surface area contributed by atoms with Crippen LogP contribution < -0.4 is 5.32 Å². The molecule has 0 spiro atoms. The van der Waals surface area contributed by atoms with E-state index >= 15 is 0 Å². The molecule has 0 bridgehead atoms. The number of ether oxygens (including phenoxy) is 1.